The Kier molecular flexibility index (Phi) is 9.34. The van der Waals surface area contributed by atoms with Gasteiger partial charge in [0.15, 0.2) is 0 Å². The van der Waals surface area contributed by atoms with Crippen LogP contribution in [0.25, 0.3) is 0 Å². The van der Waals surface area contributed by atoms with Crippen LogP contribution in [0.15, 0.2) is 36.4 Å². The van der Waals surface area contributed by atoms with E-state index in [0.29, 0.717) is 21.5 Å². The molecule has 0 fully saturated rings. The van der Waals surface area contributed by atoms with E-state index in [4.69, 9.17) is 50.3 Å². The van der Waals surface area contributed by atoms with Crippen molar-refractivity contribution in [1.29, 1.82) is 0 Å². The SMILES string of the molecule is C#CCC(Oc1ccc(Cl)c(I)c1)OC(CC#C)Oc1ccc(Cl)c(I)c1. The van der Waals surface area contributed by atoms with Gasteiger partial charge < -0.3 is 14.2 Å². The van der Waals surface area contributed by atoms with Crippen molar-refractivity contribution < 1.29 is 14.2 Å². The second-order valence-corrected chi connectivity index (χ2v) is 8.34. The second kappa shape index (κ2) is 11.2. The van der Waals surface area contributed by atoms with Crippen LogP contribution in [0.5, 0.6) is 11.5 Å². The van der Waals surface area contributed by atoms with Gasteiger partial charge in [-0.15, -0.1) is 24.7 Å². The Morgan fingerprint density at radius 2 is 1.22 bits per heavy atom. The molecule has 140 valence electrons. The van der Waals surface area contributed by atoms with Crippen molar-refractivity contribution in [3.05, 3.63) is 53.6 Å². The van der Waals surface area contributed by atoms with Gasteiger partial charge >= 0.3 is 0 Å². The maximum Gasteiger partial charge on any atom is 0.214 e. The first-order valence-corrected chi connectivity index (χ1v) is 10.6. The molecule has 2 unspecified atom stereocenters. The molecule has 0 aliphatic carbocycles. The number of hydrogen-bond donors (Lipinski definition) is 0. The molecule has 0 amide bonds. The quantitative estimate of drug-likeness (QED) is 0.194. The highest BCUT2D eigenvalue weighted by atomic mass is 127. The molecule has 0 aromatic heterocycles. The number of halogens is 4. The minimum absolute atomic E-state index is 0.224. The van der Waals surface area contributed by atoms with Crippen LogP contribution in [0.2, 0.25) is 10.0 Å². The maximum atomic E-state index is 6.04. The first-order chi connectivity index (χ1) is 12.9. The van der Waals surface area contributed by atoms with Crippen molar-refractivity contribution >= 4 is 68.4 Å². The molecule has 0 saturated carbocycles. The smallest absolute Gasteiger partial charge is 0.214 e. The molecule has 0 aliphatic heterocycles. The van der Waals surface area contributed by atoms with Crippen molar-refractivity contribution in [3.8, 4) is 36.2 Å². The first-order valence-electron chi connectivity index (χ1n) is 7.68. The Bertz CT molecular complexity index is 803. The summed E-state index contributed by atoms with van der Waals surface area (Å²) < 4.78 is 19.3. The van der Waals surface area contributed by atoms with Crippen LogP contribution in [0.3, 0.4) is 0 Å². The standard InChI is InChI=1S/C20H14Cl2I2O3/c1-3-5-19(25-13-7-9-15(21)17(23)11-13)27-20(6-4-2)26-14-8-10-16(22)18(24)12-14/h1-2,7-12,19-20H,5-6H2. The van der Waals surface area contributed by atoms with Gasteiger partial charge in [-0.25, -0.2) is 0 Å². The lowest BCUT2D eigenvalue weighted by Gasteiger charge is -2.24. The highest BCUT2D eigenvalue weighted by molar-refractivity contribution is 14.1. The summed E-state index contributed by atoms with van der Waals surface area (Å²) in [5, 5.41) is 1.28. The fourth-order valence-electron chi connectivity index (χ4n) is 2.00. The average molecular weight is 627 g/mol. The van der Waals surface area contributed by atoms with E-state index in [2.05, 4.69) is 57.0 Å². The summed E-state index contributed by atoms with van der Waals surface area (Å²) in [6.45, 7) is 0. The molecule has 3 nitrogen and oxygen atoms in total. The summed E-state index contributed by atoms with van der Waals surface area (Å²) in [6, 6.07) is 10.6. The first kappa shape index (κ1) is 22.4. The zero-order chi connectivity index (χ0) is 19.8. The van der Waals surface area contributed by atoms with Gasteiger partial charge in [-0.1, -0.05) is 23.2 Å². The molecule has 0 spiro atoms. The lowest BCUT2D eigenvalue weighted by molar-refractivity contribution is -0.179. The molecule has 7 heteroatoms. The van der Waals surface area contributed by atoms with E-state index in [1.165, 1.54) is 0 Å². The van der Waals surface area contributed by atoms with Crippen molar-refractivity contribution in [3.63, 3.8) is 0 Å². The van der Waals surface area contributed by atoms with E-state index in [1.54, 1.807) is 36.4 Å². The summed E-state index contributed by atoms with van der Waals surface area (Å²) in [5.74, 6) is 6.25. The lowest BCUT2D eigenvalue weighted by Crippen LogP contribution is -2.30. The normalized spacial score (nSPS) is 12.5. The molecule has 0 bridgehead atoms. The number of ether oxygens (including phenoxy) is 3. The predicted molar refractivity (Wildman–Crippen MR) is 125 cm³/mol. The Hall–Kier alpha value is -0.840. The highest BCUT2D eigenvalue weighted by Crippen LogP contribution is 2.27. The number of terminal acetylenes is 2. The third-order valence-electron chi connectivity index (χ3n) is 3.19. The highest BCUT2D eigenvalue weighted by Gasteiger charge is 2.19. The molecular formula is C20H14Cl2I2O3. The summed E-state index contributed by atoms with van der Waals surface area (Å²) in [5.41, 5.74) is 0. The minimum Gasteiger partial charge on any atom is -0.464 e. The molecule has 2 atom stereocenters. The van der Waals surface area contributed by atoms with Gasteiger partial charge in [0.1, 0.15) is 11.5 Å². The summed E-state index contributed by atoms with van der Waals surface area (Å²) >= 11 is 16.3. The number of rotatable bonds is 8. The fourth-order valence-corrected chi connectivity index (χ4v) is 3.21. The van der Waals surface area contributed by atoms with Gasteiger partial charge in [-0.2, -0.15) is 0 Å². The lowest BCUT2D eigenvalue weighted by atomic mass is 10.3. The molecule has 2 aromatic rings. The summed E-state index contributed by atoms with van der Waals surface area (Å²) in [4.78, 5) is 0. The van der Waals surface area contributed by atoms with E-state index in [0.717, 1.165) is 7.14 Å². The maximum absolute atomic E-state index is 6.04. The molecule has 0 heterocycles. The monoisotopic (exact) mass is 626 g/mol. The fraction of sp³-hybridized carbons (Fsp3) is 0.200. The van der Waals surface area contributed by atoms with Gasteiger partial charge in [0.05, 0.1) is 22.9 Å². The van der Waals surface area contributed by atoms with E-state index >= 15 is 0 Å². The zero-order valence-electron chi connectivity index (χ0n) is 13.9. The molecule has 0 aliphatic rings. The predicted octanol–water partition coefficient (Wildman–Crippen LogP) is 6.38. The van der Waals surface area contributed by atoms with Crippen molar-refractivity contribution in [2.24, 2.45) is 0 Å². The molecule has 27 heavy (non-hydrogen) atoms. The van der Waals surface area contributed by atoms with Crippen LogP contribution >= 0.6 is 68.4 Å². The van der Waals surface area contributed by atoms with Crippen LogP contribution in [-0.2, 0) is 4.74 Å². The van der Waals surface area contributed by atoms with Crippen molar-refractivity contribution in [2.75, 3.05) is 0 Å². The second-order valence-electron chi connectivity index (χ2n) is 5.20. The molecule has 2 aromatic carbocycles. The third kappa shape index (κ3) is 7.24. The Balaban J connectivity index is 2.11. The Labute approximate surface area is 196 Å². The van der Waals surface area contributed by atoms with Crippen LogP contribution in [0.4, 0.5) is 0 Å². The van der Waals surface area contributed by atoms with Gasteiger partial charge in [0, 0.05) is 7.14 Å². The van der Waals surface area contributed by atoms with E-state index < -0.39 is 12.6 Å². The van der Waals surface area contributed by atoms with E-state index in [9.17, 15) is 0 Å². The van der Waals surface area contributed by atoms with Gasteiger partial charge in [0.25, 0.3) is 0 Å². The Morgan fingerprint density at radius 3 is 1.56 bits per heavy atom. The van der Waals surface area contributed by atoms with Crippen molar-refractivity contribution in [1.82, 2.24) is 0 Å². The summed E-state index contributed by atoms with van der Waals surface area (Å²) in [6.07, 6.45) is 9.89. The number of benzene rings is 2. The van der Waals surface area contributed by atoms with E-state index in [-0.39, 0.29) is 12.8 Å². The molecule has 0 saturated heterocycles. The average Bonchev–Trinajstić information content (AvgIpc) is 2.62. The Morgan fingerprint density at radius 1 is 0.815 bits per heavy atom. The molecular weight excluding hydrogens is 613 g/mol. The zero-order valence-corrected chi connectivity index (χ0v) is 19.8. The molecule has 0 N–H and O–H groups in total. The molecule has 2 rings (SSSR count). The number of hydrogen-bond acceptors (Lipinski definition) is 3. The van der Waals surface area contributed by atoms with Crippen LogP contribution < -0.4 is 9.47 Å². The molecule has 0 radical (unpaired) electrons. The topological polar surface area (TPSA) is 27.7 Å². The largest absolute Gasteiger partial charge is 0.464 e. The van der Waals surface area contributed by atoms with Crippen LogP contribution in [0, 0.1) is 31.8 Å². The van der Waals surface area contributed by atoms with Crippen LogP contribution in [-0.4, -0.2) is 12.6 Å². The van der Waals surface area contributed by atoms with Gasteiger partial charge in [0.2, 0.25) is 12.6 Å². The van der Waals surface area contributed by atoms with E-state index in [1.807, 2.05) is 0 Å². The van der Waals surface area contributed by atoms with Crippen molar-refractivity contribution in [2.45, 2.75) is 25.4 Å². The van der Waals surface area contributed by atoms with Gasteiger partial charge in [-0.3, -0.25) is 0 Å². The minimum atomic E-state index is -0.725. The summed E-state index contributed by atoms with van der Waals surface area (Å²) in [7, 11) is 0. The third-order valence-corrected chi connectivity index (χ3v) is 6.27. The van der Waals surface area contributed by atoms with Crippen LogP contribution in [0.1, 0.15) is 12.8 Å². The van der Waals surface area contributed by atoms with Gasteiger partial charge in [-0.05, 0) is 81.6 Å².